The minimum atomic E-state index is 0.691. The molecular formula is C11H14N4O. The Kier molecular flexibility index (Phi) is 3.61. The first kappa shape index (κ1) is 10.8. The van der Waals surface area contributed by atoms with Crippen molar-refractivity contribution in [2.24, 2.45) is 0 Å². The van der Waals surface area contributed by atoms with Gasteiger partial charge in [0.05, 0.1) is 12.4 Å². The average molecular weight is 218 g/mol. The molecule has 5 nitrogen and oxygen atoms in total. The smallest absolute Gasteiger partial charge is 0.191 e. The lowest BCUT2D eigenvalue weighted by Crippen LogP contribution is -2.13. The van der Waals surface area contributed by atoms with Crippen LogP contribution in [0.3, 0.4) is 0 Å². The number of hydrogen-bond donors (Lipinski definition) is 1. The fourth-order valence-corrected chi connectivity index (χ4v) is 1.41. The highest BCUT2D eigenvalue weighted by atomic mass is 16.5. The molecule has 0 aliphatic rings. The highest BCUT2D eigenvalue weighted by Crippen LogP contribution is 2.19. The van der Waals surface area contributed by atoms with Crippen molar-refractivity contribution >= 4 is 0 Å². The summed E-state index contributed by atoms with van der Waals surface area (Å²) in [5.41, 5.74) is 1.72. The summed E-state index contributed by atoms with van der Waals surface area (Å²) in [4.78, 5) is 8.19. The summed E-state index contributed by atoms with van der Waals surface area (Å²) >= 11 is 0. The Balaban J connectivity index is 2.13. The van der Waals surface area contributed by atoms with Gasteiger partial charge >= 0.3 is 0 Å². The van der Waals surface area contributed by atoms with Crippen molar-refractivity contribution in [1.82, 2.24) is 20.4 Å². The third-order valence-corrected chi connectivity index (χ3v) is 2.18. The van der Waals surface area contributed by atoms with Crippen molar-refractivity contribution in [1.29, 1.82) is 0 Å². The van der Waals surface area contributed by atoms with Crippen molar-refractivity contribution in [2.75, 3.05) is 6.54 Å². The first-order valence-corrected chi connectivity index (χ1v) is 5.32. The van der Waals surface area contributed by atoms with Gasteiger partial charge in [-0.3, -0.25) is 4.98 Å². The van der Waals surface area contributed by atoms with E-state index in [1.165, 1.54) is 0 Å². The molecule has 0 radical (unpaired) electrons. The Morgan fingerprint density at radius 1 is 1.31 bits per heavy atom. The third-order valence-electron chi connectivity index (χ3n) is 2.18. The standard InChI is InChI=1S/C11H14N4O/c1-2-3-12-6-9-7-15-16-11(9)10-8-13-4-5-14-10/h4-5,7-8,12H,2-3,6H2,1H3. The molecule has 0 bridgehead atoms. The fourth-order valence-electron chi connectivity index (χ4n) is 1.41. The lowest BCUT2D eigenvalue weighted by atomic mass is 10.2. The quantitative estimate of drug-likeness (QED) is 0.773. The molecule has 0 unspecified atom stereocenters. The Hall–Kier alpha value is -1.75. The zero-order valence-corrected chi connectivity index (χ0v) is 9.18. The predicted octanol–water partition coefficient (Wildman–Crippen LogP) is 1.63. The zero-order chi connectivity index (χ0) is 11.2. The van der Waals surface area contributed by atoms with Crippen molar-refractivity contribution in [3.8, 4) is 11.5 Å². The van der Waals surface area contributed by atoms with Gasteiger partial charge in [-0.2, -0.15) is 0 Å². The molecule has 2 aromatic rings. The van der Waals surface area contributed by atoms with Gasteiger partial charge in [0.1, 0.15) is 5.69 Å². The molecule has 5 heteroatoms. The summed E-state index contributed by atoms with van der Waals surface area (Å²) < 4.78 is 5.19. The van der Waals surface area contributed by atoms with Crippen LogP contribution in [0.1, 0.15) is 18.9 Å². The van der Waals surface area contributed by atoms with Crippen LogP contribution in [0.2, 0.25) is 0 Å². The molecule has 0 atom stereocenters. The molecule has 16 heavy (non-hydrogen) atoms. The van der Waals surface area contributed by atoms with E-state index >= 15 is 0 Å². The minimum Gasteiger partial charge on any atom is -0.354 e. The monoisotopic (exact) mass is 218 g/mol. The van der Waals surface area contributed by atoms with E-state index < -0.39 is 0 Å². The van der Waals surface area contributed by atoms with Crippen molar-refractivity contribution < 1.29 is 4.52 Å². The molecule has 2 rings (SSSR count). The van der Waals surface area contributed by atoms with Gasteiger partial charge in [-0.05, 0) is 13.0 Å². The molecule has 0 amide bonds. The number of hydrogen-bond acceptors (Lipinski definition) is 5. The van der Waals surface area contributed by atoms with E-state index in [0.717, 1.165) is 25.1 Å². The maximum Gasteiger partial charge on any atom is 0.191 e. The van der Waals surface area contributed by atoms with Crippen molar-refractivity contribution in [3.05, 3.63) is 30.4 Å². The summed E-state index contributed by atoms with van der Waals surface area (Å²) in [6, 6.07) is 0. The minimum absolute atomic E-state index is 0.691. The van der Waals surface area contributed by atoms with Crippen LogP contribution in [0.5, 0.6) is 0 Å². The lowest BCUT2D eigenvalue weighted by molar-refractivity contribution is 0.430. The first-order chi connectivity index (χ1) is 7.92. The Bertz CT molecular complexity index is 427. The first-order valence-electron chi connectivity index (χ1n) is 5.32. The van der Waals surface area contributed by atoms with Gasteiger partial charge in [-0.25, -0.2) is 4.98 Å². The Morgan fingerprint density at radius 3 is 3.00 bits per heavy atom. The van der Waals surface area contributed by atoms with Gasteiger partial charge in [-0.15, -0.1) is 0 Å². The van der Waals surface area contributed by atoms with E-state index in [1.807, 2.05) is 0 Å². The van der Waals surface area contributed by atoms with Crippen LogP contribution in [-0.4, -0.2) is 21.7 Å². The second-order valence-electron chi connectivity index (χ2n) is 3.45. The molecule has 0 aromatic carbocycles. The molecule has 2 heterocycles. The molecule has 0 saturated carbocycles. The second-order valence-corrected chi connectivity index (χ2v) is 3.45. The van der Waals surface area contributed by atoms with Crippen LogP contribution in [0, 0.1) is 0 Å². The summed E-state index contributed by atoms with van der Waals surface area (Å²) in [6.07, 6.45) is 7.76. The largest absolute Gasteiger partial charge is 0.354 e. The normalized spacial score (nSPS) is 10.6. The summed E-state index contributed by atoms with van der Waals surface area (Å²) in [5, 5.41) is 7.09. The van der Waals surface area contributed by atoms with Gasteiger partial charge in [0.2, 0.25) is 0 Å². The van der Waals surface area contributed by atoms with Crippen LogP contribution in [0.25, 0.3) is 11.5 Å². The highest BCUT2D eigenvalue weighted by molar-refractivity contribution is 5.54. The van der Waals surface area contributed by atoms with Crippen LogP contribution in [0.4, 0.5) is 0 Å². The SMILES string of the molecule is CCCNCc1cnoc1-c1cnccn1. The maximum absolute atomic E-state index is 5.19. The van der Waals surface area contributed by atoms with E-state index in [4.69, 9.17) is 4.52 Å². The number of aromatic nitrogens is 3. The Labute approximate surface area is 93.9 Å². The summed E-state index contributed by atoms with van der Waals surface area (Å²) in [7, 11) is 0. The van der Waals surface area contributed by atoms with E-state index in [1.54, 1.807) is 24.8 Å². The summed E-state index contributed by atoms with van der Waals surface area (Å²) in [5.74, 6) is 0.691. The van der Waals surface area contributed by atoms with Crippen LogP contribution in [-0.2, 0) is 6.54 Å². The fraction of sp³-hybridized carbons (Fsp3) is 0.364. The molecule has 1 N–H and O–H groups in total. The maximum atomic E-state index is 5.19. The van der Waals surface area contributed by atoms with Crippen molar-refractivity contribution in [2.45, 2.75) is 19.9 Å². The van der Waals surface area contributed by atoms with Crippen LogP contribution < -0.4 is 5.32 Å². The third kappa shape index (κ3) is 2.43. The highest BCUT2D eigenvalue weighted by Gasteiger charge is 2.11. The van der Waals surface area contributed by atoms with Gasteiger partial charge in [0, 0.05) is 24.5 Å². The van der Waals surface area contributed by atoms with Crippen LogP contribution in [0.15, 0.2) is 29.3 Å². The van der Waals surface area contributed by atoms with E-state index in [-0.39, 0.29) is 0 Å². The van der Waals surface area contributed by atoms with Crippen molar-refractivity contribution in [3.63, 3.8) is 0 Å². The van der Waals surface area contributed by atoms with Gasteiger partial charge in [0.25, 0.3) is 0 Å². The van der Waals surface area contributed by atoms with Gasteiger partial charge < -0.3 is 9.84 Å². The van der Waals surface area contributed by atoms with Crippen LogP contribution >= 0.6 is 0 Å². The molecule has 0 spiro atoms. The lowest BCUT2D eigenvalue weighted by Gasteiger charge is -2.01. The molecule has 0 saturated heterocycles. The number of nitrogens with one attached hydrogen (secondary N) is 1. The zero-order valence-electron chi connectivity index (χ0n) is 9.18. The molecule has 2 aromatic heterocycles. The molecule has 0 aliphatic carbocycles. The topological polar surface area (TPSA) is 63.8 Å². The van der Waals surface area contributed by atoms with E-state index in [2.05, 4.69) is 27.4 Å². The molecule has 84 valence electrons. The molecular weight excluding hydrogens is 204 g/mol. The Morgan fingerprint density at radius 2 is 2.25 bits per heavy atom. The summed E-state index contributed by atoms with van der Waals surface area (Å²) in [6.45, 7) is 3.85. The van der Waals surface area contributed by atoms with Gasteiger partial charge in [-0.1, -0.05) is 12.1 Å². The average Bonchev–Trinajstić information content (AvgIpc) is 2.79. The molecule has 0 aliphatic heterocycles. The molecule has 0 fully saturated rings. The van der Waals surface area contributed by atoms with Gasteiger partial charge in [0.15, 0.2) is 5.76 Å². The number of rotatable bonds is 5. The second kappa shape index (κ2) is 5.37. The number of nitrogens with zero attached hydrogens (tertiary/aromatic N) is 3. The van der Waals surface area contributed by atoms with E-state index in [0.29, 0.717) is 11.5 Å². The van der Waals surface area contributed by atoms with E-state index in [9.17, 15) is 0 Å². The predicted molar refractivity (Wildman–Crippen MR) is 59.5 cm³/mol.